The third-order valence-electron chi connectivity index (χ3n) is 6.77. The third kappa shape index (κ3) is 4.87. The molecule has 0 spiro atoms. The van der Waals surface area contributed by atoms with Crippen molar-refractivity contribution in [1.82, 2.24) is 14.8 Å². The fourth-order valence-corrected chi connectivity index (χ4v) is 4.94. The van der Waals surface area contributed by atoms with Gasteiger partial charge in [0.1, 0.15) is 5.82 Å². The SMILES string of the molecule is CC1CCCN(C2CCN(C(=O)c3ccc(N4CCC(F)(F)CC4)nc3)CC2)C1. The zero-order chi connectivity index (χ0) is 20.4. The molecule has 0 bridgehead atoms. The Hall–Kier alpha value is -1.76. The zero-order valence-corrected chi connectivity index (χ0v) is 17.3. The number of carbonyl (C=O) groups excluding carboxylic acids is 1. The molecule has 0 aliphatic carbocycles. The van der Waals surface area contributed by atoms with Crippen LogP contribution in [0.2, 0.25) is 0 Å². The number of likely N-dealkylation sites (tertiary alicyclic amines) is 2. The summed E-state index contributed by atoms with van der Waals surface area (Å²) in [7, 11) is 0. The number of alkyl halides is 2. The average molecular weight is 407 g/mol. The van der Waals surface area contributed by atoms with Crippen LogP contribution in [0.15, 0.2) is 18.3 Å². The Morgan fingerprint density at radius 1 is 1.07 bits per heavy atom. The normalized spacial score (nSPS) is 26.5. The molecule has 3 aliphatic rings. The smallest absolute Gasteiger partial charge is 0.255 e. The molecule has 29 heavy (non-hydrogen) atoms. The molecular weight excluding hydrogens is 374 g/mol. The Bertz CT molecular complexity index is 693. The van der Waals surface area contributed by atoms with E-state index in [1.165, 1.54) is 25.9 Å². The summed E-state index contributed by atoms with van der Waals surface area (Å²) in [6, 6.07) is 4.17. The van der Waals surface area contributed by atoms with Gasteiger partial charge in [0, 0.05) is 57.8 Å². The molecular formula is C22H32F2N4O. The Balaban J connectivity index is 1.30. The molecule has 3 fully saturated rings. The number of amides is 1. The van der Waals surface area contributed by atoms with Gasteiger partial charge in [-0.1, -0.05) is 6.92 Å². The van der Waals surface area contributed by atoms with Gasteiger partial charge in [0.2, 0.25) is 0 Å². The number of hydrogen-bond donors (Lipinski definition) is 0. The number of pyridine rings is 1. The molecule has 4 heterocycles. The molecule has 0 aromatic carbocycles. The molecule has 0 N–H and O–H groups in total. The van der Waals surface area contributed by atoms with Gasteiger partial charge in [0.15, 0.2) is 0 Å². The monoisotopic (exact) mass is 406 g/mol. The molecule has 1 aromatic rings. The van der Waals surface area contributed by atoms with Crippen LogP contribution in [-0.2, 0) is 0 Å². The number of halogens is 2. The van der Waals surface area contributed by atoms with Crippen molar-refractivity contribution in [2.75, 3.05) is 44.2 Å². The molecule has 1 unspecified atom stereocenters. The largest absolute Gasteiger partial charge is 0.356 e. The minimum atomic E-state index is -2.56. The molecule has 5 nitrogen and oxygen atoms in total. The van der Waals surface area contributed by atoms with E-state index >= 15 is 0 Å². The van der Waals surface area contributed by atoms with Gasteiger partial charge in [0.05, 0.1) is 5.56 Å². The van der Waals surface area contributed by atoms with Crippen LogP contribution in [0.3, 0.4) is 0 Å². The van der Waals surface area contributed by atoms with E-state index in [1.54, 1.807) is 18.3 Å². The maximum Gasteiger partial charge on any atom is 0.255 e. The molecule has 7 heteroatoms. The number of carbonyl (C=O) groups is 1. The van der Waals surface area contributed by atoms with Gasteiger partial charge in [-0.15, -0.1) is 0 Å². The van der Waals surface area contributed by atoms with E-state index in [-0.39, 0.29) is 18.7 Å². The molecule has 3 saturated heterocycles. The topological polar surface area (TPSA) is 39.7 Å². The summed E-state index contributed by atoms with van der Waals surface area (Å²) >= 11 is 0. The van der Waals surface area contributed by atoms with Crippen molar-refractivity contribution in [3.63, 3.8) is 0 Å². The minimum Gasteiger partial charge on any atom is -0.356 e. The highest BCUT2D eigenvalue weighted by molar-refractivity contribution is 5.94. The summed E-state index contributed by atoms with van der Waals surface area (Å²) < 4.78 is 26.7. The Morgan fingerprint density at radius 2 is 1.79 bits per heavy atom. The van der Waals surface area contributed by atoms with Gasteiger partial charge < -0.3 is 9.80 Å². The average Bonchev–Trinajstić information content (AvgIpc) is 2.74. The summed E-state index contributed by atoms with van der Waals surface area (Å²) in [6.07, 6.45) is 6.00. The van der Waals surface area contributed by atoms with E-state index in [9.17, 15) is 13.6 Å². The summed E-state index contributed by atoms with van der Waals surface area (Å²) in [5, 5.41) is 0. The Morgan fingerprint density at radius 3 is 2.41 bits per heavy atom. The van der Waals surface area contributed by atoms with Crippen LogP contribution in [0.1, 0.15) is 55.8 Å². The van der Waals surface area contributed by atoms with Crippen molar-refractivity contribution >= 4 is 11.7 Å². The fourth-order valence-electron chi connectivity index (χ4n) is 4.94. The third-order valence-corrected chi connectivity index (χ3v) is 6.77. The van der Waals surface area contributed by atoms with Crippen LogP contribution in [-0.4, -0.2) is 71.9 Å². The van der Waals surface area contributed by atoms with E-state index < -0.39 is 5.92 Å². The number of aromatic nitrogens is 1. The minimum absolute atomic E-state index is 0.0275. The van der Waals surface area contributed by atoms with Gasteiger partial charge >= 0.3 is 0 Å². The van der Waals surface area contributed by atoms with Gasteiger partial charge in [0.25, 0.3) is 11.8 Å². The summed E-state index contributed by atoms with van der Waals surface area (Å²) in [5.74, 6) is -1.08. The standard InChI is InChI=1S/C22H32F2N4O/c1-17-3-2-10-28(16-17)19-6-11-27(12-7-19)21(29)18-4-5-20(25-15-18)26-13-8-22(23,24)9-14-26/h4-5,15,17,19H,2-3,6-14,16H2,1H3. The first kappa shape index (κ1) is 20.5. The van der Waals surface area contributed by atoms with Crippen LogP contribution < -0.4 is 4.90 Å². The molecule has 1 amide bonds. The number of rotatable bonds is 3. The lowest BCUT2D eigenvalue weighted by molar-refractivity contribution is -0.0221. The summed E-state index contributed by atoms with van der Waals surface area (Å²) in [6.45, 7) is 6.89. The second-order valence-electron chi connectivity index (χ2n) is 9.01. The van der Waals surface area contributed by atoms with Crippen LogP contribution in [0, 0.1) is 5.92 Å². The first-order chi connectivity index (χ1) is 13.9. The lowest BCUT2D eigenvalue weighted by atomic mass is 9.95. The highest BCUT2D eigenvalue weighted by Crippen LogP contribution is 2.30. The molecule has 0 saturated carbocycles. The van der Waals surface area contributed by atoms with Gasteiger partial charge in [-0.3, -0.25) is 9.69 Å². The van der Waals surface area contributed by atoms with Crippen LogP contribution in [0.25, 0.3) is 0 Å². The van der Waals surface area contributed by atoms with E-state index in [0.29, 0.717) is 30.5 Å². The van der Waals surface area contributed by atoms with E-state index in [2.05, 4.69) is 16.8 Å². The fraction of sp³-hybridized carbons (Fsp3) is 0.727. The quantitative estimate of drug-likeness (QED) is 0.768. The molecule has 0 radical (unpaired) electrons. The van der Waals surface area contributed by atoms with Gasteiger partial charge in [-0.25, -0.2) is 13.8 Å². The maximum atomic E-state index is 13.3. The van der Waals surface area contributed by atoms with Crippen LogP contribution in [0.5, 0.6) is 0 Å². The highest BCUT2D eigenvalue weighted by Gasteiger charge is 2.34. The van der Waals surface area contributed by atoms with Crippen molar-refractivity contribution < 1.29 is 13.6 Å². The van der Waals surface area contributed by atoms with E-state index in [1.807, 2.05) is 9.80 Å². The van der Waals surface area contributed by atoms with Crippen LogP contribution >= 0.6 is 0 Å². The number of hydrogen-bond acceptors (Lipinski definition) is 4. The van der Waals surface area contributed by atoms with Crippen molar-refractivity contribution in [3.8, 4) is 0 Å². The Kier molecular flexibility index (Phi) is 6.04. The van der Waals surface area contributed by atoms with E-state index in [0.717, 1.165) is 31.8 Å². The Labute approximate surface area is 172 Å². The van der Waals surface area contributed by atoms with E-state index in [4.69, 9.17) is 0 Å². The molecule has 160 valence electrons. The summed E-state index contributed by atoms with van der Waals surface area (Å²) in [5.41, 5.74) is 0.584. The number of anilines is 1. The van der Waals surface area contributed by atoms with Gasteiger partial charge in [-0.2, -0.15) is 0 Å². The first-order valence-corrected chi connectivity index (χ1v) is 11.0. The van der Waals surface area contributed by atoms with Gasteiger partial charge in [-0.05, 0) is 50.3 Å². The first-order valence-electron chi connectivity index (χ1n) is 11.0. The molecule has 1 atom stereocenters. The predicted octanol–water partition coefficient (Wildman–Crippen LogP) is 3.65. The lowest BCUT2D eigenvalue weighted by Crippen LogP contribution is -2.49. The second-order valence-corrected chi connectivity index (χ2v) is 9.01. The second kappa shape index (κ2) is 8.54. The van der Waals surface area contributed by atoms with Crippen molar-refractivity contribution in [1.29, 1.82) is 0 Å². The van der Waals surface area contributed by atoms with Crippen molar-refractivity contribution in [3.05, 3.63) is 23.9 Å². The molecule has 4 rings (SSSR count). The highest BCUT2D eigenvalue weighted by atomic mass is 19.3. The zero-order valence-electron chi connectivity index (χ0n) is 17.3. The van der Waals surface area contributed by atoms with Crippen molar-refractivity contribution in [2.45, 2.75) is 57.4 Å². The number of nitrogens with zero attached hydrogens (tertiary/aromatic N) is 4. The number of piperidine rings is 3. The molecule has 1 aromatic heterocycles. The van der Waals surface area contributed by atoms with Crippen molar-refractivity contribution in [2.24, 2.45) is 5.92 Å². The summed E-state index contributed by atoms with van der Waals surface area (Å²) in [4.78, 5) is 23.7. The molecule has 3 aliphatic heterocycles. The lowest BCUT2D eigenvalue weighted by Gasteiger charge is -2.41. The predicted molar refractivity (Wildman–Crippen MR) is 110 cm³/mol. The van der Waals surface area contributed by atoms with Crippen LogP contribution in [0.4, 0.5) is 14.6 Å². The maximum absolute atomic E-state index is 13.3.